The first kappa shape index (κ1) is 14.6. The van der Waals surface area contributed by atoms with Crippen molar-refractivity contribution in [1.82, 2.24) is 0 Å². The van der Waals surface area contributed by atoms with Gasteiger partial charge in [0.05, 0.1) is 22.7 Å². The van der Waals surface area contributed by atoms with Crippen molar-refractivity contribution in [3.63, 3.8) is 0 Å². The number of rotatable bonds is 4. The molecular weight excluding hydrogens is 286 g/mol. The van der Waals surface area contributed by atoms with Gasteiger partial charge in [0.15, 0.2) is 0 Å². The van der Waals surface area contributed by atoms with E-state index in [-0.39, 0.29) is 0 Å². The Balaban J connectivity index is 1.67. The van der Waals surface area contributed by atoms with E-state index in [1.165, 1.54) is 0 Å². The van der Waals surface area contributed by atoms with Crippen LogP contribution in [0.3, 0.4) is 0 Å². The van der Waals surface area contributed by atoms with Crippen LogP contribution in [0.2, 0.25) is 0 Å². The monoisotopic (exact) mass is 301 g/mol. The minimum Gasteiger partial charge on any atom is -0.399 e. The average molecular weight is 301 g/mol. The minimum absolute atomic E-state index is 0.706. The molecule has 0 bridgehead atoms. The lowest BCUT2D eigenvalue weighted by Gasteiger charge is -1.96. The van der Waals surface area contributed by atoms with Crippen LogP contribution >= 0.6 is 0 Å². The highest BCUT2D eigenvalue weighted by atomic mass is 15.1. The molecule has 0 aliphatic heterocycles. The molecule has 0 heterocycles. The predicted molar refractivity (Wildman–Crippen MR) is 92.1 cm³/mol. The van der Waals surface area contributed by atoms with Crippen LogP contribution in [0.25, 0.3) is 0 Å². The summed E-state index contributed by atoms with van der Waals surface area (Å²) in [6, 6.07) is 24.2. The smallest absolute Gasteiger partial charge is 0.0858 e. The zero-order valence-electron chi connectivity index (χ0n) is 12.4. The lowest BCUT2D eigenvalue weighted by atomic mass is 10.3. The highest BCUT2D eigenvalue weighted by Crippen LogP contribution is 2.23. The topological polar surface area (TPSA) is 75.5 Å². The van der Waals surface area contributed by atoms with Gasteiger partial charge < -0.3 is 5.73 Å². The maximum absolute atomic E-state index is 5.63. The Kier molecular flexibility index (Phi) is 4.49. The van der Waals surface area contributed by atoms with Gasteiger partial charge in [-0.25, -0.2) is 0 Å². The zero-order chi connectivity index (χ0) is 15.9. The van der Waals surface area contributed by atoms with Crippen LogP contribution in [0.1, 0.15) is 0 Å². The number of benzene rings is 3. The number of hydrogen-bond acceptors (Lipinski definition) is 5. The Bertz CT molecular complexity index is 806. The lowest BCUT2D eigenvalue weighted by molar-refractivity contribution is 1.21. The van der Waals surface area contributed by atoms with Crippen LogP contribution in [-0.2, 0) is 0 Å². The van der Waals surface area contributed by atoms with Crippen LogP contribution in [0.4, 0.5) is 28.4 Å². The Morgan fingerprint density at radius 1 is 0.435 bits per heavy atom. The van der Waals surface area contributed by atoms with Crippen molar-refractivity contribution in [1.29, 1.82) is 0 Å². The van der Waals surface area contributed by atoms with E-state index in [0.717, 1.165) is 22.7 Å². The predicted octanol–water partition coefficient (Wildman–Crippen LogP) is 6.10. The van der Waals surface area contributed by atoms with E-state index in [1.807, 2.05) is 66.7 Å². The summed E-state index contributed by atoms with van der Waals surface area (Å²) < 4.78 is 0. The molecule has 5 nitrogen and oxygen atoms in total. The van der Waals surface area contributed by atoms with E-state index in [9.17, 15) is 0 Å². The number of azo groups is 2. The number of nitrogens with zero attached hydrogens (tertiary/aromatic N) is 4. The van der Waals surface area contributed by atoms with Gasteiger partial charge in [0, 0.05) is 5.69 Å². The first-order chi connectivity index (χ1) is 11.3. The van der Waals surface area contributed by atoms with E-state index < -0.39 is 0 Å². The van der Waals surface area contributed by atoms with E-state index in [2.05, 4.69) is 20.5 Å². The van der Waals surface area contributed by atoms with Gasteiger partial charge in [-0.1, -0.05) is 18.2 Å². The molecule has 3 aromatic rings. The Hall–Kier alpha value is -3.34. The summed E-state index contributed by atoms with van der Waals surface area (Å²) in [5.74, 6) is 0. The summed E-state index contributed by atoms with van der Waals surface area (Å²) in [5, 5.41) is 16.7. The molecule has 0 amide bonds. The van der Waals surface area contributed by atoms with Crippen molar-refractivity contribution in [3.8, 4) is 0 Å². The Morgan fingerprint density at radius 2 is 0.783 bits per heavy atom. The molecule has 2 N–H and O–H groups in total. The summed E-state index contributed by atoms with van der Waals surface area (Å²) in [7, 11) is 0. The number of anilines is 1. The third-order valence-corrected chi connectivity index (χ3v) is 3.06. The normalized spacial score (nSPS) is 11.3. The fourth-order valence-electron chi connectivity index (χ4n) is 1.85. The molecule has 112 valence electrons. The molecule has 0 spiro atoms. The number of nitrogen functional groups attached to an aromatic ring is 1. The van der Waals surface area contributed by atoms with Crippen molar-refractivity contribution >= 4 is 28.4 Å². The molecule has 0 aromatic heterocycles. The summed E-state index contributed by atoms with van der Waals surface area (Å²) in [5.41, 5.74) is 9.43. The summed E-state index contributed by atoms with van der Waals surface area (Å²) in [6.45, 7) is 0. The number of hydrogen-bond donors (Lipinski definition) is 1. The average Bonchev–Trinajstić information content (AvgIpc) is 2.61. The second-order valence-corrected chi connectivity index (χ2v) is 4.84. The maximum atomic E-state index is 5.63. The summed E-state index contributed by atoms with van der Waals surface area (Å²) >= 11 is 0. The third-order valence-electron chi connectivity index (χ3n) is 3.06. The molecule has 5 heteroatoms. The molecule has 0 radical (unpaired) electrons. The van der Waals surface area contributed by atoms with Gasteiger partial charge in [0.2, 0.25) is 0 Å². The fraction of sp³-hybridized carbons (Fsp3) is 0. The second-order valence-electron chi connectivity index (χ2n) is 4.84. The number of nitrogens with two attached hydrogens (primary N) is 1. The van der Waals surface area contributed by atoms with Crippen LogP contribution < -0.4 is 5.73 Å². The third kappa shape index (κ3) is 4.31. The molecule has 3 aromatic carbocycles. The Labute approximate surface area is 134 Å². The first-order valence-corrected chi connectivity index (χ1v) is 7.14. The van der Waals surface area contributed by atoms with E-state index >= 15 is 0 Å². The van der Waals surface area contributed by atoms with Gasteiger partial charge in [-0.15, -0.1) is 0 Å². The van der Waals surface area contributed by atoms with Crippen molar-refractivity contribution < 1.29 is 0 Å². The van der Waals surface area contributed by atoms with Gasteiger partial charge in [-0.3, -0.25) is 0 Å². The van der Waals surface area contributed by atoms with Gasteiger partial charge in [-0.05, 0) is 60.7 Å². The van der Waals surface area contributed by atoms with Crippen LogP contribution in [0.5, 0.6) is 0 Å². The maximum Gasteiger partial charge on any atom is 0.0858 e. The molecule has 0 atom stereocenters. The zero-order valence-corrected chi connectivity index (χ0v) is 12.4. The molecule has 0 saturated heterocycles. The van der Waals surface area contributed by atoms with Crippen LogP contribution in [0, 0.1) is 0 Å². The molecule has 0 unspecified atom stereocenters. The SMILES string of the molecule is Nc1ccc(N=Nc2ccc(N=Nc3ccccc3)cc2)cc1. The van der Waals surface area contributed by atoms with E-state index in [0.29, 0.717) is 5.69 Å². The molecule has 3 rings (SSSR count). The van der Waals surface area contributed by atoms with Gasteiger partial charge >= 0.3 is 0 Å². The first-order valence-electron chi connectivity index (χ1n) is 7.14. The highest BCUT2D eigenvalue weighted by Gasteiger charge is 1.94. The molecule has 0 aliphatic carbocycles. The second kappa shape index (κ2) is 7.09. The Morgan fingerprint density at radius 3 is 1.22 bits per heavy atom. The molecule has 23 heavy (non-hydrogen) atoms. The van der Waals surface area contributed by atoms with Crippen LogP contribution in [0.15, 0.2) is 99.3 Å². The van der Waals surface area contributed by atoms with Crippen molar-refractivity contribution in [3.05, 3.63) is 78.9 Å². The lowest BCUT2D eigenvalue weighted by Crippen LogP contribution is -1.80. The molecule has 0 aliphatic rings. The quantitative estimate of drug-likeness (QED) is 0.458. The standard InChI is InChI=1S/C18H15N5/c19-14-6-8-16(9-7-14)21-23-18-12-10-17(11-13-18)22-20-15-4-2-1-3-5-15/h1-13H,19H2. The van der Waals surface area contributed by atoms with Crippen molar-refractivity contribution in [2.45, 2.75) is 0 Å². The van der Waals surface area contributed by atoms with Crippen molar-refractivity contribution in [2.75, 3.05) is 5.73 Å². The largest absolute Gasteiger partial charge is 0.399 e. The summed E-state index contributed by atoms with van der Waals surface area (Å²) in [4.78, 5) is 0. The molecular formula is C18H15N5. The van der Waals surface area contributed by atoms with Gasteiger partial charge in [0.25, 0.3) is 0 Å². The molecule has 0 fully saturated rings. The highest BCUT2D eigenvalue weighted by molar-refractivity contribution is 5.50. The summed E-state index contributed by atoms with van der Waals surface area (Å²) in [6.07, 6.45) is 0. The van der Waals surface area contributed by atoms with E-state index in [1.54, 1.807) is 12.1 Å². The fourth-order valence-corrected chi connectivity index (χ4v) is 1.85. The molecule has 0 saturated carbocycles. The van der Waals surface area contributed by atoms with Gasteiger partial charge in [0.1, 0.15) is 0 Å². The van der Waals surface area contributed by atoms with Crippen LogP contribution in [-0.4, -0.2) is 0 Å². The van der Waals surface area contributed by atoms with E-state index in [4.69, 9.17) is 5.73 Å². The van der Waals surface area contributed by atoms with Crippen molar-refractivity contribution in [2.24, 2.45) is 20.5 Å². The van der Waals surface area contributed by atoms with Gasteiger partial charge in [-0.2, -0.15) is 20.5 Å². The minimum atomic E-state index is 0.706.